The van der Waals surface area contributed by atoms with Crippen molar-refractivity contribution in [2.45, 2.75) is 19.8 Å². The zero-order valence-corrected chi connectivity index (χ0v) is 11.5. The zero-order chi connectivity index (χ0) is 14.5. The molecule has 0 spiro atoms. The molecule has 0 bridgehead atoms. The second-order valence-electron chi connectivity index (χ2n) is 5.09. The standard InChI is InChI=1S/C14H19N3O3/c1-10(18)16-8-11-3-6-17(7-4-11)14(20)12-9-15-5-2-13(12)19/h2,5,9,11H,3-4,6-8H2,1H3,(H,15,19)(H,16,18). The smallest absolute Gasteiger partial charge is 0.259 e. The molecule has 0 aliphatic carbocycles. The number of piperidine rings is 1. The molecule has 1 aliphatic heterocycles. The number of carbonyl (C=O) groups is 2. The first-order chi connectivity index (χ1) is 9.58. The summed E-state index contributed by atoms with van der Waals surface area (Å²) >= 11 is 0. The lowest BCUT2D eigenvalue weighted by Crippen LogP contribution is -2.42. The van der Waals surface area contributed by atoms with E-state index < -0.39 is 0 Å². The number of hydrogen-bond acceptors (Lipinski definition) is 3. The van der Waals surface area contributed by atoms with Gasteiger partial charge in [0.25, 0.3) is 5.91 Å². The molecule has 0 atom stereocenters. The molecule has 1 aromatic heterocycles. The first-order valence-corrected chi connectivity index (χ1v) is 6.78. The van der Waals surface area contributed by atoms with Crippen molar-refractivity contribution in [3.63, 3.8) is 0 Å². The molecule has 1 aromatic rings. The third kappa shape index (κ3) is 3.46. The van der Waals surface area contributed by atoms with E-state index in [0.717, 1.165) is 12.8 Å². The van der Waals surface area contributed by atoms with Gasteiger partial charge in [0.05, 0.1) is 0 Å². The van der Waals surface area contributed by atoms with Crippen LogP contribution < -0.4 is 10.7 Å². The third-order valence-electron chi connectivity index (χ3n) is 3.60. The average molecular weight is 277 g/mol. The van der Waals surface area contributed by atoms with E-state index in [1.54, 1.807) is 4.90 Å². The lowest BCUT2D eigenvalue weighted by molar-refractivity contribution is -0.119. The van der Waals surface area contributed by atoms with Crippen LogP contribution in [0.25, 0.3) is 0 Å². The normalized spacial score (nSPS) is 15.9. The fourth-order valence-electron chi connectivity index (χ4n) is 2.38. The van der Waals surface area contributed by atoms with Gasteiger partial charge in [0, 0.05) is 45.0 Å². The lowest BCUT2D eigenvalue weighted by atomic mass is 9.96. The summed E-state index contributed by atoms with van der Waals surface area (Å²) in [6, 6.07) is 1.36. The maximum Gasteiger partial charge on any atom is 0.259 e. The molecule has 0 unspecified atom stereocenters. The molecule has 20 heavy (non-hydrogen) atoms. The predicted octanol–water partition coefficient (Wildman–Crippen LogP) is 0.363. The highest BCUT2D eigenvalue weighted by Gasteiger charge is 2.24. The van der Waals surface area contributed by atoms with Crippen molar-refractivity contribution in [3.8, 4) is 0 Å². The summed E-state index contributed by atoms with van der Waals surface area (Å²) in [6.07, 6.45) is 4.65. The van der Waals surface area contributed by atoms with E-state index in [9.17, 15) is 14.4 Å². The summed E-state index contributed by atoms with van der Waals surface area (Å²) in [6.45, 7) is 3.40. The molecule has 1 fully saturated rings. The summed E-state index contributed by atoms with van der Waals surface area (Å²) in [7, 11) is 0. The van der Waals surface area contributed by atoms with Crippen LogP contribution in [0.2, 0.25) is 0 Å². The van der Waals surface area contributed by atoms with Gasteiger partial charge in [-0.3, -0.25) is 14.4 Å². The van der Waals surface area contributed by atoms with Crippen molar-refractivity contribution in [1.82, 2.24) is 15.2 Å². The summed E-state index contributed by atoms with van der Waals surface area (Å²) in [5.41, 5.74) is -0.0677. The van der Waals surface area contributed by atoms with Gasteiger partial charge in [-0.25, -0.2) is 0 Å². The molecule has 2 amide bonds. The van der Waals surface area contributed by atoms with Gasteiger partial charge in [-0.05, 0) is 18.8 Å². The van der Waals surface area contributed by atoms with Crippen LogP contribution in [0.3, 0.4) is 0 Å². The van der Waals surface area contributed by atoms with E-state index in [1.165, 1.54) is 25.4 Å². The number of rotatable bonds is 3. The number of amides is 2. The van der Waals surface area contributed by atoms with Crippen molar-refractivity contribution in [2.75, 3.05) is 19.6 Å². The van der Waals surface area contributed by atoms with Crippen molar-refractivity contribution < 1.29 is 9.59 Å². The van der Waals surface area contributed by atoms with Gasteiger partial charge in [-0.15, -0.1) is 0 Å². The zero-order valence-electron chi connectivity index (χ0n) is 11.5. The number of carbonyl (C=O) groups excluding carboxylic acids is 2. The Hall–Kier alpha value is -2.11. The number of nitrogens with zero attached hydrogens (tertiary/aromatic N) is 1. The molecular weight excluding hydrogens is 258 g/mol. The molecule has 0 radical (unpaired) electrons. The minimum atomic E-state index is -0.255. The average Bonchev–Trinajstić information content (AvgIpc) is 2.45. The molecule has 0 saturated carbocycles. The number of nitrogens with one attached hydrogen (secondary N) is 2. The van der Waals surface area contributed by atoms with Crippen molar-refractivity contribution in [2.24, 2.45) is 5.92 Å². The van der Waals surface area contributed by atoms with Crippen LogP contribution in [0.5, 0.6) is 0 Å². The summed E-state index contributed by atoms with van der Waals surface area (Å²) in [5, 5.41) is 2.80. The fourth-order valence-corrected chi connectivity index (χ4v) is 2.38. The van der Waals surface area contributed by atoms with E-state index in [2.05, 4.69) is 10.3 Å². The molecular formula is C14H19N3O3. The van der Waals surface area contributed by atoms with Crippen LogP contribution in [-0.2, 0) is 4.79 Å². The molecule has 2 rings (SSSR count). The first-order valence-electron chi connectivity index (χ1n) is 6.78. The molecule has 2 N–H and O–H groups in total. The monoisotopic (exact) mass is 277 g/mol. The Kier molecular flexibility index (Phi) is 4.55. The van der Waals surface area contributed by atoms with Crippen LogP contribution in [0.1, 0.15) is 30.1 Å². The third-order valence-corrected chi connectivity index (χ3v) is 3.60. The van der Waals surface area contributed by atoms with Gasteiger partial charge in [0.1, 0.15) is 5.56 Å². The minimum absolute atomic E-state index is 0.0284. The van der Waals surface area contributed by atoms with Crippen LogP contribution in [0.15, 0.2) is 23.3 Å². The van der Waals surface area contributed by atoms with E-state index in [-0.39, 0.29) is 22.8 Å². The SMILES string of the molecule is CC(=O)NCC1CCN(C(=O)c2c[nH]ccc2=O)CC1. The van der Waals surface area contributed by atoms with Gasteiger partial charge < -0.3 is 15.2 Å². The summed E-state index contributed by atoms with van der Waals surface area (Å²) in [4.78, 5) is 39.2. The Bertz CT molecular complexity index is 545. The lowest BCUT2D eigenvalue weighted by Gasteiger charge is -2.31. The van der Waals surface area contributed by atoms with Crippen LogP contribution >= 0.6 is 0 Å². The summed E-state index contributed by atoms with van der Waals surface area (Å²) in [5.74, 6) is 0.154. The second-order valence-corrected chi connectivity index (χ2v) is 5.09. The van der Waals surface area contributed by atoms with E-state index >= 15 is 0 Å². The number of aromatic amines is 1. The Balaban J connectivity index is 1.91. The topological polar surface area (TPSA) is 82.3 Å². The number of hydrogen-bond donors (Lipinski definition) is 2. The van der Waals surface area contributed by atoms with Crippen molar-refractivity contribution in [1.29, 1.82) is 0 Å². The van der Waals surface area contributed by atoms with Crippen LogP contribution in [0, 0.1) is 5.92 Å². The fraction of sp³-hybridized carbons (Fsp3) is 0.500. The Labute approximate surface area is 117 Å². The van der Waals surface area contributed by atoms with Crippen LogP contribution in [-0.4, -0.2) is 41.3 Å². The molecule has 6 nitrogen and oxygen atoms in total. The molecule has 108 valence electrons. The predicted molar refractivity (Wildman–Crippen MR) is 74.4 cm³/mol. The number of H-pyrrole nitrogens is 1. The molecule has 1 aliphatic rings. The Morgan fingerprint density at radius 2 is 2.10 bits per heavy atom. The maximum absolute atomic E-state index is 12.2. The van der Waals surface area contributed by atoms with Gasteiger partial charge in [0.15, 0.2) is 5.43 Å². The summed E-state index contributed by atoms with van der Waals surface area (Å²) < 4.78 is 0. The first kappa shape index (κ1) is 14.3. The molecule has 2 heterocycles. The Morgan fingerprint density at radius 1 is 1.40 bits per heavy atom. The van der Waals surface area contributed by atoms with Gasteiger partial charge >= 0.3 is 0 Å². The highest BCUT2D eigenvalue weighted by molar-refractivity contribution is 5.93. The molecule has 6 heteroatoms. The largest absolute Gasteiger partial charge is 0.367 e. The minimum Gasteiger partial charge on any atom is -0.367 e. The molecule has 0 aromatic carbocycles. The Morgan fingerprint density at radius 3 is 2.70 bits per heavy atom. The van der Waals surface area contributed by atoms with E-state index in [1.807, 2.05) is 0 Å². The number of likely N-dealkylation sites (tertiary alicyclic amines) is 1. The van der Waals surface area contributed by atoms with Crippen molar-refractivity contribution in [3.05, 3.63) is 34.2 Å². The van der Waals surface area contributed by atoms with Gasteiger partial charge in [0.2, 0.25) is 5.91 Å². The molecule has 1 saturated heterocycles. The second kappa shape index (κ2) is 6.36. The van der Waals surface area contributed by atoms with Crippen LogP contribution in [0.4, 0.5) is 0 Å². The van der Waals surface area contributed by atoms with Gasteiger partial charge in [-0.1, -0.05) is 0 Å². The number of aromatic nitrogens is 1. The van der Waals surface area contributed by atoms with E-state index in [4.69, 9.17) is 0 Å². The highest BCUT2D eigenvalue weighted by atomic mass is 16.2. The number of pyridine rings is 1. The van der Waals surface area contributed by atoms with E-state index in [0.29, 0.717) is 25.6 Å². The van der Waals surface area contributed by atoms with Crippen molar-refractivity contribution >= 4 is 11.8 Å². The van der Waals surface area contributed by atoms with Gasteiger partial charge in [-0.2, -0.15) is 0 Å². The quantitative estimate of drug-likeness (QED) is 0.837. The maximum atomic E-state index is 12.2. The highest BCUT2D eigenvalue weighted by Crippen LogP contribution is 2.17.